The van der Waals surface area contributed by atoms with E-state index in [9.17, 15) is 4.79 Å². The Balaban J connectivity index is 1.85. The second kappa shape index (κ2) is 3.46. The molecule has 0 saturated heterocycles. The lowest BCUT2D eigenvalue weighted by molar-refractivity contribution is -0.120. The first-order chi connectivity index (χ1) is 6.24. The zero-order valence-corrected chi connectivity index (χ0v) is 8.36. The van der Waals surface area contributed by atoms with Gasteiger partial charge in [0.05, 0.1) is 17.1 Å². The summed E-state index contributed by atoms with van der Waals surface area (Å²) in [6.45, 7) is 1.95. The van der Waals surface area contributed by atoms with Crippen molar-refractivity contribution in [3.05, 3.63) is 16.1 Å². The van der Waals surface area contributed by atoms with Gasteiger partial charge in [-0.2, -0.15) is 0 Å². The van der Waals surface area contributed by atoms with Gasteiger partial charge < -0.3 is 5.32 Å². The number of aromatic nitrogens is 1. The summed E-state index contributed by atoms with van der Waals surface area (Å²) in [4.78, 5) is 15.6. The van der Waals surface area contributed by atoms with E-state index in [1.54, 1.807) is 11.3 Å². The molecular formula is C9H12N2OS. The summed E-state index contributed by atoms with van der Waals surface area (Å²) in [5.41, 5.74) is 0.889. The van der Waals surface area contributed by atoms with Gasteiger partial charge in [0.15, 0.2) is 0 Å². The van der Waals surface area contributed by atoms with Crippen molar-refractivity contribution in [3.63, 3.8) is 0 Å². The highest BCUT2D eigenvalue weighted by Gasteiger charge is 2.23. The van der Waals surface area contributed by atoms with Crippen LogP contribution in [0, 0.1) is 6.92 Å². The Labute approximate surface area is 81.2 Å². The Morgan fingerprint density at radius 3 is 3.08 bits per heavy atom. The fourth-order valence-electron chi connectivity index (χ4n) is 1.16. The van der Waals surface area contributed by atoms with E-state index in [0.717, 1.165) is 23.5 Å². The standard InChI is InChI=1S/C9H12N2OS/c1-6-10-8(5-13-6)4-9(12)11-7-2-3-7/h5,7H,2-4H2,1H3,(H,11,12). The molecule has 0 spiro atoms. The maximum atomic E-state index is 11.3. The Morgan fingerprint density at radius 1 is 1.77 bits per heavy atom. The maximum absolute atomic E-state index is 11.3. The molecule has 4 heteroatoms. The molecule has 0 aromatic carbocycles. The zero-order chi connectivity index (χ0) is 9.26. The Kier molecular flexibility index (Phi) is 2.31. The van der Waals surface area contributed by atoms with Gasteiger partial charge in [0.1, 0.15) is 0 Å². The van der Waals surface area contributed by atoms with Gasteiger partial charge in [-0.15, -0.1) is 11.3 Å². The number of carbonyl (C=O) groups is 1. The van der Waals surface area contributed by atoms with Crippen molar-refractivity contribution in [2.24, 2.45) is 0 Å². The summed E-state index contributed by atoms with van der Waals surface area (Å²) in [6.07, 6.45) is 2.71. The quantitative estimate of drug-likeness (QED) is 0.791. The number of hydrogen-bond acceptors (Lipinski definition) is 3. The summed E-state index contributed by atoms with van der Waals surface area (Å²) < 4.78 is 0. The van der Waals surface area contributed by atoms with Crippen molar-refractivity contribution in [1.82, 2.24) is 10.3 Å². The summed E-state index contributed by atoms with van der Waals surface area (Å²) in [5, 5.41) is 5.91. The van der Waals surface area contributed by atoms with E-state index < -0.39 is 0 Å². The topological polar surface area (TPSA) is 42.0 Å². The van der Waals surface area contributed by atoms with Crippen LogP contribution in [-0.2, 0) is 11.2 Å². The van der Waals surface area contributed by atoms with Crippen LogP contribution in [0.1, 0.15) is 23.5 Å². The molecule has 0 unspecified atom stereocenters. The number of nitrogens with zero attached hydrogens (tertiary/aromatic N) is 1. The predicted octanol–water partition coefficient (Wildman–Crippen LogP) is 1.27. The second-order valence-corrected chi connectivity index (χ2v) is 4.44. The highest BCUT2D eigenvalue weighted by molar-refractivity contribution is 7.09. The number of amides is 1. The van der Waals surface area contributed by atoms with Crippen LogP contribution in [0.15, 0.2) is 5.38 Å². The van der Waals surface area contributed by atoms with Gasteiger partial charge in [-0.1, -0.05) is 0 Å². The van der Waals surface area contributed by atoms with E-state index in [1.807, 2.05) is 12.3 Å². The first-order valence-electron chi connectivity index (χ1n) is 4.44. The molecule has 1 heterocycles. The van der Waals surface area contributed by atoms with Crippen molar-refractivity contribution in [1.29, 1.82) is 0 Å². The molecule has 2 rings (SSSR count). The fraction of sp³-hybridized carbons (Fsp3) is 0.556. The van der Waals surface area contributed by atoms with Crippen LogP contribution in [0.25, 0.3) is 0 Å². The monoisotopic (exact) mass is 196 g/mol. The number of rotatable bonds is 3. The molecule has 3 nitrogen and oxygen atoms in total. The van der Waals surface area contributed by atoms with Crippen LogP contribution in [0.4, 0.5) is 0 Å². The van der Waals surface area contributed by atoms with Gasteiger partial charge in [-0.3, -0.25) is 4.79 Å². The van der Waals surface area contributed by atoms with E-state index in [-0.39, 0.29) is 5.91 Å². The molecule has 70 valence electrons. The molecule has 1 amide bonds. The van der Waals surface area contributed by atoms with Crippen molar-refractivity contribution < 1.29 is 4.79 Å². The minimum atomic E-state index is 0.104. The number of thiazole rings is 1. The van der Waals surface area contributed by atoms with Crippen LogP contribution in [0.5, 0.6) is 0 Å². The molecule has 1 aliphatic rings. The molecule has 1 N–H and O–H groups in total. The first kappa shape index (κ1) is 8.69. The lowest BCUT2D eigenvalue weighted by Crippen LogP contribution is -2.27. The molecule has 0 bridgehead atoms. The van der Waals surface area contributed by atoms with Crippen LogP contribution in [0.2, 0.25) is 0 Å². The van der Waals surface area contributed by atoms with Crippen molar-refractivity contribution >= 4 is 17.2 Å². The molecule has 1 aliphatic carbocycles. The second-order valence-electron chi connectivity index (χ2n) is 3.38. The summed E-state index contributed by atoms with van der Waals surface area (Å²) in [6, 6.07) is 0.451. The SMILES string of the molecule is Cc1nc(CC(=O)NC2CC2)cs1. The molecule has 0 atom stereocenters. The highest BCUT2D eigenvalue weighted by atomic mass is 32.1. The van der Waals surface area contributed by atoms with Crippen LogP contribution >= 0.6 is 11.3 Å². The number of nitrogens with one attached hydrogen (secondary N) is 1. The fourth-order valence-corrected chi connectivity index (χ4v) is 1.77. The Bertz CT molecular complexity index is 317. The summed E-state index contributed by atoms with van der Waals surface area (Å²) in [5.74, 6) is 0.104. The molecule has 0 aliphatic heterocycles. The molecule has 13 heavy (non-hydrogen) atoms. The third-order valence-electron chi connectivity index (χ3n) is 1.95. The minimum Gasteiger partial charge on any atom is -0.353 e. The zero-order valence-electron chi connectivity index (χ0n) is 7.54. The summed E-state index contributed by atoms with van der Waals surface area (Å²) in [7, 11) is 0. The summed E-state index contributed by atoms with van der Waals surface area (Å²) >= 11 is 1.59. The molecular weight excluding hydrogens is 184 g/mol. The third-order valence-corrected chi connectivity index (χ3v) is 2.77. The van der Waals surface area contributed by atoms with Crippen LogP contribution < -0.4 is 5.32 Å². The minimum absolute atomic E-state index is 0.104. The van der Waals surface area contributed by atoms with E-state index in [4.69, 9.17) is 0 Å². The van der Waals surface area contributed by atoms with E-state index in [0.29, 0.717) is 12.5 Å². The molecule has 1 fully saturated rings. The van der Waals surface area contributed by atoms with Crippen molar-refractivity contribution in [3.8, 4) is 0 Å². The number of carbonyl (C=O) groups excluding carboxylic acids is 1. The van der Waals surface area contributed by atoms with E-state index in [2.05, 4.69) is 10.3 Å². The molecule has 1 aromatic rings. The lowest BCUT2D eigenvalue weighted by Gasteiger charge is -1.99. The average Bonchev–Trinajstić information content (AvgIpc) is 2.76. The maximum Gasteiger partial charge on any atom is 0.226 e. The average molecular weight is 196 g/mol. The lowest BCUT2D eigenvalue weighted by atomic mass is 10.3. The molecule has 1 saturated carbocycles. The molecule has 1 aromatic heterocycles. The predicted molar refractivity (Wildman–Crippen MR) is 51.7 cm³/mol. The van der Waals surface area contributed by atoms with Gasteiger partial charge in [0, 0.05) is 11.4 Å². The van der Waals surface area contributed by atoms with Crippen LogP contribution in [0.3, 0.4) is 0 Å². The van der Waals surface area contributed by atoms with E-state index in [1.165, 1.54) is 0 Å². The Morgan fingerprint density at radius 2 is 2.54 bits per heavy atom. The van der Waals surface area contributed by atoms with Gasteiger partial charge >= 0.3 is 0 Å². The van der Waals surface area contributed by atoms with Crippen molar-refractivity contribution in [2.75, 3.05) is 0 Å². The molecule has 0 radical (unpaired) electrons. The highest BCUT2D eigenvalue weighted by Crippen LogP contribution is 2.18. The largest absolute Gasteiger partial charge is 0.353 e. The van der Waals surface area contributed by atoms with Crippen LogP contribution in [-0.4, -0.2) is 16.9 Å². The van der Waals surface area contributed by atoms with Crippen molar-refractivity contribution in [2.45, 2.75) is 32.2 Å². The Hall–Kier alpha value is -0.900. The number of aryl methyl sites for hydroxylation is 1. The van der Waals surface area contributed by atoms with E-state index >= 15 is 0 Å². The number of hydrogen-bond donors (Lipinski definition) is 1. The van der Waals surface area contributed by atoms with Gasteiger partial charge in [-0.25, -0.2) is 4.98 Å². The first-order valence-corrected chi connectivity index (χ1v) is 5.32. The van der Waals surface area contributed by atoms with Gasteiger partial charge in [0.2, 0.25) is 5.91 Å². The van der Waals surface area contributed by atoms with Gasteiger partial charge in [0.25, 0.3) is 0 Å². The third kappa shape index (κ3) is 2.52. The smallest absolute Gasteiger partial charge is 0.226 e. The van der Waals surface area contributed by atoms with Gasteiger partial charge in [-0.05, 0) is 19.8 Å². The normalized spacial score (nSPS) is 15.8.